The number of rotatable bonds is 6. The van der Waals surface area contributed by atoms with Crippen molar-refractivity contribution in [3.05, 3.63) is 100.0 Å². The molecule has 1 N–H and O–H groups in total. The second-order valence-corrected chi connectivity index (χ2v) is 9.26. The molecule has 0 saturated carbocycles. The number of thioether (sulfide) groups is 1. The highest BCUT2D eigenvalue weighted by Crippen LogP contribution is 2.42. The van der Waals surface area contributed by atoms with E-state index in [9.17, 15) is 22.8 Å². The molecule has 4 nitrogen and oxygen atoms in total. The second kappa shape index (κ2) is 10.4. The SMILES string of the molecule is Cc1ccc(CCNC(=O)CN2C(=O)/C(=C\c3ccc(C(F)(F)F)cc3)Sc3ccccc32)cc1. The lowest BCUT2D eigenvalue weighted by molar-refractivity contribution is -0.137. The molecule has 0 aromatic heterocycles. The fourth-order valence-electron chi connectivity index (χ4n) is 3.64. The van der Waals surface area contributed by atoms with Gasteiger partial charge in [-0.15, -0.1) is 0 Å². The number of anilines is 1. The van der Waals surface area contributed by atoms with Gasteiger partial charge in [0.15, 0.2) is 0 Å². The molecular formula is C27H23F3N2O2S. The molecular weight excluding hydrogens is 473 g/mol. The topological polar surface area (TPSA) is 49.4 Å². The zero-order valence-electron chi connectivity index (χ0n) is 18.9. The fraction of sp³-hybridized carbons (Fsp3) is 0.185. The largest absolute Gasteiger partial charge is 0.416 e. The number of carbonyl (C=O) groups excluding carboxylic acids is 2. The Hall–Kier alpha value is -3.52. The summed E-state index contributed by atoms with van der Waals surface area (Å²) >= 11 is 1.23. The van der Waals surface area contributed by atoms with E-state index in [0.29, 0.717) is 29.1 Å². The lowest BCUT2D eigenvalue weighted by atomic mass is 10.1. The third-order valence-corrected chi connectivity index (χ3v) is 6.60. The van der Waals surface area contributed by atoms with Gasteiger partial charge in [-0.1, -0.05) is 65.9 Å². The van der Waals surface area contributed by atoms with Gasteiger partial charge >= 0.3 is 6.18 Å². The Labute approximate surface area is 205 Å². The summed E-state index contributed by atoms with van der Waals surface area (Å²) in [5.41, 5.74) is 2.61. The Morgan fingerprint density at radius 1 is 1.00 bits per heavy atom. The highest BCUT2D eigenvalue weighted by atomic mass is 32.2. The standard InChI is InChI=1S/C27H23F3N2O2S/c1-18-6-8-19(9-7-18)14-15-31-25(33)17-32-22-4-2-3-5-23(22)35-24(26(32)34)16-20-10-12-21(13-11-20)27(28,29)30/h2-13,16H,14-15,17H2,1H3,(H,31,33)/b24-16+. The van der Waals surface area contributed by atoms with Crippen LogP contribution >= 0.6 is 11.8 Å². The van der Waals surface area contributed by atoms with E-state index in [1.165, 1.54) is 28.8 Å². The number of halogens is 3. The summed E-state index contributed by atoms with van der Waals surface area (Å²) in [6, 6.07) is 19.9. The monoisotopic (exact) mass is 496 g/mol. The van der Waals surface area contributed by atoms with Gasteiger partial charge in [0.2, 0.25) is 5.91 Å². The molecule has 180 valence electrons. The Kier molecular flexibility index (Phi) is 7.31. The molecule has 0 radical (unpaired) electrons. The number of hydrogen-bond acceptors (Lipinski definition) is 3. The summed E-state index contributed by atoms with van der Waals surface area (Å²) in [6.45, 7) is 2.29. The molecule has 0 spiro atoms. The second-order valence-electron chi connectivity index (χ2n) is 8.17. The summed E-state index contributed by atoms with van der Waals surface area (Å²) in [5, 5.41) is 2.86. The zero-order valence-corrected chi connectivity index (χ0v) is 19.7. The van der Waals surface area contributed by atoms with Crippen LogP contribution in [0.2, 0.25) is 0 Å². The predicted octanol–water partition coefficient (Wildman–Crippen LogP) is 5.85. The van der Waals surface area contributed by atoms with E-state index in [-0.39, 0.29) is 18.4 Å². The van der Waals surface area contributed by atoms with Gasteiger partial charge in [0.1, 0.15) is 6.54 Å². The Morgan fingerprint density at radius 2 is 1.69 bits per heavy atom. The smallest absolute Gasteiger partial charge is 0.354 e. The Balaban J connectivity index is 1.48. The van der Waals surface area contributed by atoms with E-state index < -0.39 is 11.7 Å². The van der Waals surface area contributed by atoms with Crippen molar-refractivity contribution in [3.63, 3.8) is 0 Å². The maximum atomic E-state index is 13.3. The van der Waals surface area contributed by atoms with Crippen LogP contribution in [0.3, 0.4) is 0 Å². The summed E-state index contributed by atoms with van der Waals surface area (Å²) < 4.78 is 38.6. The van der Waals surface area contributed by atoms with Gasteiger partial charge in [-0.2, -0.15) is 13.2 Å². The molecule has 0 fully saturated rings. The number of aryl methyl sites for hydroxylation is 1. The zero-order chi connectivity index (χ0) is 25.0. The first-order valence-electron chi connectivity index (χ1n) is 11.0. The number of alkyl halides is 3. The molecule has 0 bridgehead atoms. The highest BCUT2D eigenvalue weighted by molar-refractivity contribution is 8.04. The average Bonchev–Trinajstić information content (AvgIpc) is 2.83. The number of benzene rings is 3. The first-order valence-corrected chi connectivity index (χ1v) is 11.8. The number of amides is 2. The normalized spacial score (nSPS) is 14.7. The molecule has 0 saturated heterocycles. The van der Waals surface area contributed by atoms with Crippen molar-refractivity contribution in [1.29, 1.82) is 0 Å². The molecule has 3 aromatic carbocycles. The molecule has 3 aromatic rings. The molecule has 2 amide bonds. The van der Waals surface area contributed by atoms with Crippen LogP contribution in [0.15, 0.2) is 82.6 Å². The molecule has 1 aliphatic heterocycles. The van der Waals surface area contributed by atoms with Crippen molar-refractivity contribution >= 4 is 35.3 Å². The van der Waals surface area contributed by atoms with E-state index in [0.717, 1.165) is 28.2 Å². The maximum absolute atomic E-state index is 13.3. The first-order chi connectivity index (χ1) is 16.7. The minimum Gasteiger partial charge on any atom is -0.354 e. The summed E-state index contributed by atoms with van der Waals surface area (Å²) in [5.74, 6) is -0.664. The quantitative estimate of drug-likeness (QED) is 0.436. The number of fused-ring (bicyclic) bond motifs is 1. The third kappa shape index (κ3) is 6.14. The van der Waals surface area contributed by atoms with Gasteiger partial charge in [0.05, 0.1) is 16.2 Å². The van der Waals surface area contributed by atoms with E-state index >= 15 is 0 Å². The highest BCUT2D eigenvalue weighted by Gasteiger charge is 2.31. The molecule has 4 rings (SSSR count). The molecule has 0 aliphatic carbocycles. The number of nitrogens with zero attached hydrogens (tertiary/aromatic N) is 1. The Bertz CT molecular complexity index is 1250. The van der Waals surface area contributed by atoms with Gasteiger partial charge < -0.3 is 5.32 Å². The lowest BCUT2D eigenvalue weighted by Crippen LogP contribution is -2.43. The number of carbonyl (C=O) groups is 2. The predicted molar refractivity (Wildman–Crippen MR) is 132 cm³/mol. The molecule has 1 aliphatic rings. The van der Waals surface area contributed by atoms with Crippen LogP contribution in [0, 0.1) is 6.92 Å². The van der Waals surface area contributed by atoms with Crippen LogP contribution in [-0.4, -0.2) is 24.9 Å². The molecule has 0 unspecified atom stereocenters. The van der Waals surface area contributed by atoms with E-state index in [1.807, 2.05) is 43.3 Å². The Morgan fingerprint density at radius 3 is 2.37 bits per heavy atom. The van der Waals surface area contributed by atoms with Crippen molar-refractivity contribution in [1.82, 2.24) is 5.32 Å². The maximum Gasteiger partial charge on any atom is 0.416 e. The van der Waals surface area contributed by atoms with Crippen LogP contribution in [0.4, 0.5) is 18.9 Å². The van der Waals surface area contributed by atoms with Gasteiger partial charge in [-0.05, 0) is 54.8 Å². The van der Waals surface area contributed by atoms with Crippen LogP contribution < -0.4 is 10.2 Å². The van der Waals surface area contributed by atoms with E-state index in [2.05, 4.69) is 5.32 Å². The molecule has 1 heterocycles. The summed E-state index contributed by atoms with van der Waals surface area (Å²) in [4.78, 5) is 28.5. The van der Waals surface area contributed by atoms with Gasteiger partial charge in [0.25, 0.3) is 5.91 Å². The van der Waals surface area contributed by atoms with Crippen LogP contribution in [-0.2, 0) is 22.2 Å². The van der Waals surface area contributed by atoms with Crippen molar-refractivity contribution in [2.24, 2.45) is 0 Å². The van der Waals surface area contributed by atoms with Crippen molar-refractivity contribution < 1.29 is 22.8 Å². The van der Waals surface area contributed by atoms with Crippen molar-refractivity contribution in [2.45, 2.75) is 24.4 Å². The minimum absolute atomic E-state index is 0.158. The van der Waals surface area contributed by atoms with Crippen LogP contribution in [0.1, 0.15) is 22.3 Å². The number of hydrogen-bond donors (Lipinski definition) is 1. The van der Waals surface area contributed by atoms with E-state index in [4.69, 9.17) is 0 Å². The third-order valence-electron chi connectivity index (χ3n) is 5.53. The van der Waals surface area contributed by atoms with E-state index in [1.54, 1.807) is 18.2 Å². The first kappa shape index (κ1) is 24.6. The minimum atomic E-state index is -4.43. The summed E-state index contributed by atoms with van der Waals surface area (Å²) in [7, 11) is 0. The summed E-state index contributed by atoms with van der Waals surface area (Å²) in [6.07, 6.45) is -2.21. The average molecular weight is 497 g/mol. The lowest BCUT2D eigenvalue weighted by Gasteiger charge is -2.29. The van der Waals surface area contributed by atoms with Crippen molar-refractivity contribution in [3.8, 4) is 0 Å². The van der Waals surface area contributed by atoms with Crippen molar-refractivity contribution in [2.75, 3.05) is 18.0 Å². The fourth-order valence-corrected chi connectivity index (χ4v) is 4.70. The molecule has 8 heteroatoms. The van der Waals surface area contributed by atoms with Gasteiger partial charge in [0, 0.05) is 11.4 Å². The van der Waals surface area contributed by atoms with Crippen LogP contribution in [0.5, 0.6) is 0 Å². The molecule has 35 heavy (non-hydrogen) atoms. The van der Waals surface area contributed by atoms with Gasteiger partial charge in [-0.25, -0.2) is 0 Å². The number of nitrogens with one attached hydrogen (secondary N) is 1. The molecule has 0 atom stereocenters. The van der Waals surface area contributed by atoms with Crippen LogP contribution in [0.25, 0.3) is 6.08 Å². The number of para-hydroxylation sites is 1. The van der Waals surface area contributed by atoms with Gasteiger partial charge in [-0.3, -0.25) is 14.5 Å².